The highest BCUT2D eigenvalue weighted by atomic mass is 16.4. The molecule has 0 spiro atoms. The van der Waals surface area contributed by atoms with E-state index in [0.717, 1.165) is 24.3 Å². The quantitative estimate of drug-likeness (QED) is 0.513. The number of carboxylic acids is 4. The Morgan fingerprint density at radius 1 is 0.615 bits per heavy atom. The Morgan fingerprint density at radius 2 is 0.962 bits per heavy atom. The largest absolute Gasteiger partial charge is 0.478 e. The molecule has 0 saturated carbocycles. The summed E-state index contributed by atoms with van der Waals surface area (Å²) in [5, 5.41) is 47.5. The SMILES string of the molecule is O=C(O)c1cccc(C(O)c2cccc(C(=O)O)c2C(=O)O)c1C(=O)O. The van der Waals surface area contributed by atoms with Gasteiger partial charge in [-0.15, -0.1) is 0 Å². The highest BCUT2D eigenvalue weighted by molar-refractivity contribution is 6.04. The summed E-state index contributed by atoms with van der Waals surface area (Å²) < 4.78 is 0. The van der Waals surface area contributed by atoms with Crippen LogP contribution in [0.25, 0.3) is 0 Å². The lowest BCUT2D eigenvalue weighted by atomic mass is 9.89. The standard InChI is InChI=1S/C17H12O9/c18-13(7-3-1-5-9(14(19)20)11(7)16(23)24)8-4-2-6-10(15(21)22)12(8)17(25)26/h1-6,13,18H,(H,19,20)(H,21,22)(H,23,24)(H,25,26). The maximum atomic E-state index is 11.5. The molecule has 5 N–H and O–H groups in total. The van der Waals surface area contributed by atoms with Crippen LogP contribution in [0.15, 0.2) is 36.4 Å². The highest BCUT2D eigenvalue weighted by Gasteiger charge is 2.29. The van der Waals surface area contributed by atoms with Crippen LogP contribution in [0.3, 0.4) is 0 Å². The van der Waals surface area contributed by atoms with E-state index in [0.29, 0.717) is 0 Å². The molecule has 0 aliphatic heterocycles. The Labute approximate surface area is 145 Å². The van der Waals surface area contributed by atoms with E-state index < -0.39 is 52.2 Å². The van der Waals surface area contributed by atoms with Crippen molar-refractivity contribution in [3.05, 3.63) is 69.8 Å². The monoisotopic (exact) mass is 360 g/mol. The Hall–Kier alpha value is -3.72. The normalized spacial score (nSPS) is 10.5. The van der Waals surface area contributed by atoms with E-state index in [9.17, 15) is 34.5 Å². The molecule has 9 heteroatoms. The van der Waals surface area contributed by atoms with Gasteiger partial charge in [0.1, 0.15) is 6.10 Å². The lowest BCUT2D eigenvalue weighted by Crippen LogP contribution is -2.18. The van der Waals surface area contributed by atoms with Crippen LogP contribution in [0.5, 0.6) is 0 Å². The molecule has 134 valence electrons. The van der Waals surface area contributed by atoms with Gasteiger partial charge in [0.25, 0.3) is 0 Å². The number of rotatable bonds is 6. The van der Waals surface area contributed by atoms with E-state index in [1.807, 2.05) is 0 Å². The van der Waals surface area contributed by atoms with Gasteiger partial charge in [0.15, 0.2) is 0 Å². The van der Waals surface area contributed by atoms with Gasteiger partial charge >= 0.3 is 23.9 Å². The first kappa shape index (κ1) is 18.6. The summed E-state index contributed by atoms with van der Waals surface area (Å²) in [6.07, 6.45) is -1.87. The molecular formula is C17H12O9. The second-order valence-electron chi connectivity index (χ2n) is 5.16. The molecule has 0 heterocycles. The maximum Gasteiger partial charge on any atom is 0.336 e. The van der Waals surface area contributed by atoms with Gasteiger partial charge in [0, 0.05) is 11.1 Å². The number of aliphatic hydroxyl groups excluding tert-OH is 1. The number of aromatic carboxylic acids is 4. The molecule has 0 saturated heterocycles. The number of hydrogen-bond donors (Lipinski definition) is 5. The van der Waals surface area contributed by atoms with Gasteiger partial charge in [-0.25, -0.2) is 19.2 Å². The van der Waals surface area contributed by atoms with Gasteiger partial charge in [-0.1, -0.05) is 24.3 Å². The summed E-state index contributed by atoms with van der Waals surface area (Å²) in [6.45, 7) is 0. The summed E-state index contributed by atoms with van der Waals surface area (Å²) >= 11 is 0. The van der Waals surface area contributed by atoms with Crippen LogP contribution in [0.2, 0.25) is 0 Å². The van der Waals surface area contributed by atoms with Crippen molar-refractivity contribution in [3.8, 4) is 0 Å². The van der Waals surface area contributed by atoms with Gasteiger partial charge in [-0.05, 0) is 12.1 Å². The summed E-state index contributed by atoms with van der Waals surface area (Å²) in [4.78, 5) is 45.5. The Morgan fingerprint density at radius 3 is 1.23 bits per heavy atom. The first-order chi connectivity index (χ1) is 12.2. The molecule has 2 aromatic rings. The van der Waals surface area contributed by atoms with Crippen LogP contribution in [0, 0.1) is 0 Å². The molecule has 0 atom stereocenters. The molecule has 2 rings (SSSR count). The van der Waals surface area contributed by atoms with Crippen LogP contribution in [-0.2, 0) is 0 Å². The molecule has 26 heavy (non-hydrogen) atoms. The molecular weight excluding hydrogens is 348 g/mol. The lowest BCUT2D eigenvalue weighted by Gasteiger charge is -2.18. The van der Waals surface area contributed by atoms with E-state index in [4.69, 9.17) is 10.2 Å². The Bertz CT molecular complexity index is 854. The minimum absolute atomic E-state index is 0.373. The van der Waals surface area contributed by atoms with Crippen LogP contribution >= 0.6 is 0 Å². The minimum atomic E-state index is -1.87. The Kier molecular flexibility index (Phi) is 5.03. The zero-order chi connectivity index (χ0) is 19.6. The first-order valence-corrected chi connectivity index (χ1v) is 7.03. The number of benzene rings is 2. The van der Waals surface area contributed by atoms with E-state index in [1.54, 1.807) is 0 Å². The van der Waals surface area contributed by atoms with E-state index >= 15 is 0 Å². The molecule has 0 aliphatic rings. The second-order valence-corrected chi connectivity index (χ2v) is 5.16. The average Bonchev–Trinajstić information content (AvgIpc) is 2.59. The summed E-state index contributed by atoms with van der Waals surface area (Å²) in [5.41, 5.74) is -3.38. The third-order valence-corrected chi connectivity index (χ3v) is 3.67. The maximum absolute atomic E-state index is 11.5. The number of carboxylic acid groups (broad SMARTS) is 4. The predicted molar refractivity (Wildman–Crippen MR) is 84.8 cm³/mol. The van der Waals surface area contributed by atoms with Crippen molar-refractivity contribution in [2.24, 2.45) is 0 Å². The molecule has 0 aromatic heterocycles. The fourth-order valence-corrected chi connectivity index (χ4v) is 2.60. The number of hydrogen-bond acceptors (Lipinski definition) is 5. The van der Waals surface area contributed by atoms with Crippen LogP contribution < -0.4 is 0 Å². The van der Waals surface area contributed by atoms with Crippen molar-refractivity contribution in [1.29, 1.82) is 0 Å². The fourth-order valence-electron chi connectivity index (χ4n) is 2.60. The number of aliphatic hydroxyl groups is 1. The van der Waals surface area contributed by atoms with E-state index in [2.05, 4.69) is 0 Å². The summed E-state index contributed by atoms with van der Waals surface area (Å²) in [7, 11) is 0. The predicted octanol–water partition coefficient (Wildman–Crippen LogP) is 1.56. The Balaban J connectivity index is 2.78. The smallest absolute Gasteiger partial charge is 0.336 e. The van der Waals surface area contributed by atoms with Gasteiger partial charge < -0.3 is 25.5 Å². The van der Waals surface area contributed by atoms with Crippen molar-refractivity contribution in [2.75, 3.05) is 0 Å². The van der Waals surface area contributed by atoms with Crippen molar-refractivity contribution in [1.82, 2.24) is 0 Å². The van der Waals surface area contributed by atoms with Crippen LogP contribution in [0.1, 0.15) is 58.7 Å². The molecule has 0 aliphatic carbocycles. The van der Waals surface area contributed by atoms with Crippen molar-refractivity contribution in [3.63, 3.8) is 0 Å². The van der Waals surface area contributed by atoms with Crippen molar-refractivity contribution >= 4 is 23.9 Å². The van der Waals surface area contributed by atoms with E-state index in [1.165, 1.54) is 12.1 Å². The molecule has 0 amide bonds. The third kappa shape index (κ3) is 3.23. The molecule has 2 aromatic carbocycles. The topological polar surface area (TPSA) is 169 Å². The average molecular weight is 360 g/mol. The van der Waals surface area contributed by atoms with Gasteiger partial charge in [0.05, 0.1) is 22.3 Å². The van der Waals surface area contributed by atoms with E-state index in [-0.39, 0.29) is 11.1 Å². The first-order valence-electron chi connectivity index (χ1n) is 7.03. The van der Waals surface area contributed by atoms with Crippen molar-refractivity contribution in [2.45, 2.75) is 6.10 Å². The van der Waals surface area contributed by atoms with Gasteiger partial charge in [-0.3, -0.25) is 0 Å². The molecule has 0 radical (unpaired) electrons. The van der Waals surface area contributed by atoms with Crippen LogP contribution in [0.4, 0.5) is 0 Å². The summed E-state index contributed by atoms with van der Waals surface area (Å²) in [5.74, 6) is -6.37. The zero-order valence-electron chi connectivity index (χ0n) is 12.9. The fraction of sp³-hybridized carbons (Fsp3) is 0.0588. The second kappa shape index (κ2) is 7.03. The summed E-state index contributed by atoms with van der Waals surface area (Å²) in [6, 6.07) is 6.67. The van der Waals surface area contributed by atoms with Crippen LogP contribution in [-0.4, -0.2) is 49.4 Å². The minimum Gasteiger partial charge on any atom is -0.478 e. The zero-order valence-corrected chi connectivity index (χ0v) is 12.9. The highest BCUT2D eigenvalue weighted by Crippen LogP contribution is 2.31. The van der Waals surface area contributed by atoms with Gasteiger partial charge in [0.2, 0.25) is 0 Å². The third-order valence-electron chi connectivity index (χ3n) is 3.67. The van der Waals surface area contributed by atoms with Gasteiger partial charge in [-0.2, -0.15) is 0 Å². The molecule has 9 nitrogen and oxygen atoms in total. The molecule has 0 fully saturated rings. The molecule has 0 unspecified atom stereocenters. The number of carbonyl (C=O) groups is 4. The molecule has 0 bridgehead atoms. The lowest BCUT2D eigenvalue weighted by molar-refractivity contribution is 0.0643. The van der Waals surface area contributed by atoms with Crippen molar-refractivity contribution < 1.29 is 44.7 Å².